The first-order valence-corrected chi connectivity index (χ1v) is 8.59. The molecule has 1 unspecified atom stereocenters. The van der Waals surface area contributed by atoms with E-state index in [2.05, 4.69) is 32.5 Å². The minimum atomic E-state index is -0.373. The van der Waals surface area contributed by atoms with Gasteiger partial charge in [0.1, 0.15) is 5.82 Å². The normalized spacial score (nSPS) is 15.8. The molecule has 3 N–H and O–H groups in total. The number of fused-ring (bicyclic) bond motifs is 1. The molecule has 1 aromatic heterocycles. The van der Waals surface area contributed by atoms with Crippen LogP contribution in [0.4, 0.5) is 22.2 Å². The number of carbonyl (C=O) groups is 2. The van der Waals surface area contributed by atoms with Gasteiger partial charge >= 0.3 is 6.03 Å². The molecule has 1 aliphatic heterocycles. The summed E-state index contributed by atoms with van der Waals surface area (Å²) in [4.78, 5) is 34.4. The Bertz CT molecular complexity index is 896. The number of hydrogen-bond donors (Lipinski definition) is 3. The molecule has 3 rings (SSSR count). The Kier molecular flexibility index (Phi) is 5.07. The van der Waals surface area contributed by atoms with E-state index in [1.807, 2.05) is 32.0 Å². The van der Waals surface area contributed by atoms with Crippen LogP contribution in [0.3, 0.4) is 0 Å². The summed E-state index contributed by atoms with van der Waals surface area (Å²) in [5, 5.41) is 8.65. The average molecular weight is 366 g/mol. The average Bonchev–Trinajstić information content (AvgIpc) is 2.62. The van der Waals surface area contributed by atoms with E-state index in [4.69, 9.17) is 0 Å². The van der Waals surface area contributed by atoms with Gasteiger partial charge in [0.2, 0.25) is 11.9 Å². The Labute approximate surface area is 157 Å². The molecule has 8 heteroatoms. The van der Waals surface area contributed by atoms with Gasteiger partial charge in [0.15, 0.2) is 0 Å². The number of hydrogen-bond acceptors (Lipinski definition) is 5. The summed E-state index contributed by atoms with van der Waals surface area (Å²) < 4.78 is 0. The lowest BCUT2D eigenvalue weighted by molar-refractivity contribution is -0.111. The molecule has 0 fully saturated rings. The van der Waals surface area contributed by atoms with Crippen LogP contribution in [0.5, 0.6) is 0 Å². The summed E-state index contributed by atoms with van der Waals surface area (Å²) in [6.07, 6.45) is 2.92. The highest BCUT2D eigenvalue weighted by Crippen LogP contribution is 2.36. The molecule has 1 aromatic carbocycles. The third kappa shape index (κ3) is 3.89. The molecular weight excluding hydrogens is 344 g/mol. The van der Waals surface area contributed by atoms with Gasteiger partial charge in [-0.1, -0.05) is 18.7 Å². The Balaban J connectivity index is 2.00. The number of amides is 3. The molecule has 1 aliphatic rings. The van der Waals surface area contributed by atoms with Crippen LogP contribution in [-0.4, -0.2) is 39.9 Å². The minimum absolute atomic E-state index is 0.172. The maximum Gasteiger partial charge on any atom is 0.323 e. The van der Waals surface area contributed by atoms with Gasteiger partial charge in [-0.05, 0) is 37.6 Å². The number of nitrogens with one attached hydrogen (secondary N) is 3. The van der Waals surface area contributed by atoms with Gasteiger partial charge in [-0.25, -0.2) is 9.78 Å². The van der Waals surface area contributed by atoms with Crippen molar-refractivity contribution in [3.05, 3.63) is 54.2 Å². The first-order valence-electron chi connectivity index (χ1n) is 8.59. The van der Waals surface area contributed by atoms with Crippen molar-refractivity contribution >= 4 is 29.4 Å². The lowest BCUT2D eigenvalue weighted by Gasteiger charge is -2.34. The van der Waals surface area contributed by atoms with E-state index in [1.165, 1.54) is 6.08 Å². The quantitative estimate of drug-likeness (QED) is 0.707. The van der Waals surface area contributed by atoms with Crippen molar-refractivity contribution in [3.63, 3.8) is 0 Å². The largest absolute Gasteiger partial charge is 0.352 e. The monoisotopic (exact) mass is 366 g/mol. The predicted octanol–water partition coefficient (Wildman–Crippen LogP) is 2.99. The zero-order valence-corrected chi connectivity index (χ0v) is 15.5. The van der Waals surface area contributed by atoms with E-state index in [0.717, 1.165) is 11.1 Å². The standard InChI is InChI=1S/C19H22N6O2/c1-5-15(26)22-13-8-6-7-12(9-13)16-14-10-20-18(21-11(2)3)23-17(14)24-19(27)25(16)4/h5-11,16H,1H2,2-4H3,(H,22,26)(H2,20,21,23,24,27). The molecule has 0 aliphatic carbocycles. The molecule has 1 atom stereocenters. The molecule has 3 amide bonds. The first-order chi connectivity index (χ1) is 12.9. The van der Waals surface area contributed by atoms with Crippen LogP contribution in [0.15, 0.2) is 43.1 Å². The SMILES string of the molecule is C=CC(=O)Nc1cccc(C2c3cnc(NC(C)C)nc3NC(=O)N2C)c1. The van der Waals surface area contributed by atoms with Crippen molar-refractivity contribution in [2.75, 3.05) is 23.0 Å². The van der Waals surface area contributed by atoms with Crippen molar-refractivity contribution < 1.29 is 9.59 Å². The van der Waals surface area contributed by atoms with Crippen LogP contribution in [0.25, 0.3) is 0 Å². The fourth-order valence-electron chi connectivity index (χ4n) is 2.92. The topological polar surface area (TPSA) is 99.2 Å². The lowest BCUT2D eigenvalue weighted by atomic mass is 9.97. The van der Waals surface area contributed by atoms with Crippen molar-refractivity contribution in [1.82, 2.24) is 14.9 Å². The highest BCUT2D eigenvalue weighted by molar-refractivity contribution is 5.99. The third-order valence-electron chi connectivity index (χ3n) is 4.12. The van der Waals surface area contributed by atoms with E-state index in [0.29, 0.717) is 17.5 Å². The van der Waals surface area contributed by atoms with Crippen LogP contribution in [0, 0.1) is 0 Å². The van der Waals surface area contributed by atoms with Gasteiger partial charge in [-0.3, -0.25) is 10.1 Å². The van der Waals surface area contributed by atoms with Crippen molar-refractivity contribution in [2.45, 2.75) is 25.9 Å². The summed E-state index contributed by atoms with van der Waals surface area (Å²) in [7, 11) is 1.71. The maximum atomic E-state index is 12.4. The van der Waals surface area contributed by atoms with Crippen molar-refractivity contribution in [1.29, 1.82) is 0 Å². The smallest absolute Gasteiger partial charge is 0.323 e. The van der Waals surface area contributed by atoms with E-state index in [9.17, 15) is 9.59 Å². The minimum Gasteiger partial charge on any atom is -0.352 e. The Morgan fingerprint density at radius 1 is 1.41 bits per heavy atom. The molecule has 0 bridgehead atoms. The molecule has 2 heterocycles. The van der Waals surface area contributed by atoms with Gasteiger partial charge in [0.25, 0.3) is 0 Å². The number of urea groups is 1. The van der Waals surface area contributed by atoms with Crippen molar-refractivity contribution in [3.8, 4) is 0 Å². The number of rotatable bonds is 5. The van der Waals surface area contributed by atoms with Gasteiger partial charge in [0.05, 0.1) is 6.04 Å². The van der Waals surface area contributed by atoms with Crippen LogP contribution in [0.2, 0.25) is 0 Å². The maximum absolute atomic E-state index is 12.4. The molecule has 2 aromatic rings. The van der Waals surface area contributed by atoms with E-state index in [-0.39, 0.29) is 24.0 Å². The van der Waals surface area contributed by atoms with Gasteiger partial charge in [-0.2, -0.15) is 4.98 Å². The molecular formula is C19H22N6O2. The highest BCUT2D eigenvalue weighted by atomic mass is 16.2. The Morgan fingerprint density at radius 3 is 2.89 bits per heavy atom. The molecule has 0 saturated heterocycles. The second kappa shape index (κ2) is 7.45. The highest BCUT2D eigenvalue weighted by Gasteiger charge is 2.32. The van der Waals surface area contributed by atoms with Gasteiger partial charge in [0, 0.05) is 30.5 Å². The zero-order valence-electron chi connectivity index (χ0n) is 15.5. The second-order valence-electron chi connectivity index (χ2n) is 6.56. The molecule has 27 heavy (non-hydrogen) atoms. The van der Waals surface area contributed by atoms with Crippen molar-refractivity contribution in [2.24, 2.45) is 0 Å². The summed E-state index contributed by atoms with van der Waals surface area (Å²) in [5.41, 5.74) is 2.24. The zero-order chi connectivity index (χ0) is 19.6. The summed E-state index contributed by atoms with van der Waals surface area (Å²) in [5.74, 6) is 0.635. The summed E-state index contributed by atoms with van der Waals surface area (Å²) in [6.45, 7) is 7.43. The van der Waals surface area contributed by atoms with Crippen LogP contribution < -0.4 is 16.0 Å². The summed E-state index contributed by atoms with van der Waals surface area (Å²) >= 11 is 0. The third-order valence-corrected chi connectivity index (χ3v) is 4.12. The lowest BCUT2D eigenvalue weighted by Crippen LogP contribution is -2.40. The fraction of sp³-hybridized carbons (Fsp3) is 0.263. The summed E-state index contributed by atoms with van der Waals surface area (Å²) in [6, 6.07) is 6.86. The number of carbonyl (C=O) groups excluding carboxylic acids is 2. The molecule has 0 spiro atoms. The van der Waals surface area contributed by atoms with Crippen LogP contribution in [0.1, 0.15) is 31.0 Å². The first kappa shape index (κ1) is 18.4. The van der Waals surface area contributed by atoms with Gasteiger partial charge in [-0.15, -0.1) is 0 Å². The molecule has 140 valence electrons. The second-order valence-corrected chi connectivity index (χ2v) is 6.56. The van der Waals surface area contributed by atoms with E-state index < -0.39 is 0 Å². The number of benzene rings is 1. The van der Waals surface area contributed by atoms with E-state index in [1.54, 1.807) is 24.2 Å². The number of nitrogens with zero attached hydrogens (tertiary/aromatic N) is 3. The number of anilines is 3. The van der Waals surface area contributed by atoms with Crippen LogP contribution in [-0.2, 0) is 4.79 Å². The molecule has 0 saturated carbocycles. The molecule has 8 nitrogen and oxygen atoms in total. The van der Waals surface area contributed by atoms with E-state index >= 15 is 0 Å². The Hall–Kier alpha value is -3.42. The fourth-order valence-corrected chi connectivity index (χ4v) is 2.92. The molecule has 0 radical (unpaired) electrons. The van der Waals surface area contributed by atoms with Crippen LogP contribution >= 0.6 is 0 Å². The number of aromatic nitrogens is 2. The Morgan fingerprint density at radius 2 is 2.19 bits per heavy atom. The van der Waals surface area contributed by atoms with Gasteiger partial charge < -0.3 is 15.5 Å². The predicted molar refractivity (Wildman–Crippen MR) is 105 cm³/mol.